The van der Waals surface area contributed by atoms with Crippen LogP contribution in [-0.2, 0) is 4.79 Å². The number of aliphatic carboxylic acids is 1. The van der Waals surface area contributed by atoms with Crippen molar-refractivity contribution in [3.63, 3.8) is 0 Å². The molecule has 0 atom stereocenters. The highest BCUT2D eigenvalue weighted by Crippen LogP contribution is 2.24. The third kappa shape index (κ3) is 4.12. The van der Waals surface area contributed by atoms with Crippen molar-refractivity contribution in [2.24, 2.45) is 11.8 Å². The normalized spacial score (nSPS) is 25.9. The van der Waals surface area contributed by atoms with E-state index in [0.29, 0.717) is 6.04 Å². The molecule has 1 aliphatic rings. The topological polar surface area (TPSA) is 49.3 Å². The largest absolute Gasteiger partial charge is 0.481 e. The lowest BCUT2D eigenvalue weighted by Gasteiger charge is -2.28. The SMILES string of the molecule is CCC(CC)CNC1CCC(C(=O)O)CC1. The van der Waals surface area contributed by atoms with Gasteiger partial charge in [-0.1, -0.05) is 26.7 Å². The van der Waals surface area contributed by atoms with E-state index in [1.54, 1.807) is 0 Å². The molecule has 1 fully saturated rings. The third-order valence-corrected chi connectivity index (χ3v) is 3.93. The van der Waals surface area contributed by atoms with E-state index in [-0.39, 0.29) is 5.92 Å². The van der Waals surface area contributed by atoms with Gasteiger partial charge in [0.25, 0.3) is 0 Å². The summed E-state index contributed by atoms with van der Waals surface area (Å²) in [6.07, 6.45) is 6.20. The molecule has 16 heavy (non-hydrogen) atoms. The Hall–Kier alpha value is -0.570. The van der Waals surface area contributed by atoms with Gasteiger partial charge in [-0.2, -0.15) is 0 Å². The van der Waals surface area contributed by atoms with Crippen LogP contribution >= 0.6 is 0 Å². The minimum Gasteiger partial charge on any atom is -0.481 e. The van der Waals surface area contributed by atoms with Gasteiger partial charge in [0.05, 0.1) is 5.92 Å². The summed E-state index contributed by atoms with van der Waals surface area (Å²) >= 11 is 0. The second-order valence-electron chi connectivity index (χ2n) is 4.98. The zero-order valence-corrected chi connectivity index (χ0v) is 10.5. The molecule has 0 aromatic heterocycles. The molecule has 0 spiro atoms. The lowest BCUT2D eigenvalue weighted by Crippen LogP contribution is -2.37. The highest BCUT2D eigenvalue weighted by atomic mass is 16.4. The molecule has 1 rings (SSSR count). The second-order valence-corrected chi connectivity index (χ2v) is 4.98. The predicted molar refractivity (Wildman–Crippen MR) is 65.5 cm³/mol. The fourth-order valence-electron chi connectivity index (χ4n) is 2.46. The fourth-order valence-corrected chi connectivity index (χ4v) is 2.46. The van der Waals surface area contributed by atoms with Crippen molar-refractivity contribution in [1.82, 2.24) is 5.32 Å². The molecule has 0 saturated heterocycles. The average molecular weight is 227 g/mol. The Kier molecular flexibility index (Phi) is 5.81. The van der Waals surface area contributed by atoms with Crippen LogP contribution in [0.15, 0.2) is 0 Å². The number of nitrogens with one attached hydrogen (secondary N) is 1. The molecule has 0 aliphatic heterocycles. The van der Waals surface area contributed by atoms with Gasteiger partial charge in [0.1, 0.15) is 0 Å². The van der Waals surface area contributed by atoms with Crippen molar-refractivity contribution in [1.29, 1.82) is 0 Å². The van der Waals surface area contributed by atoms with Crippen LogP contribution in [0.2, 0.25) is 0 Å². The van der Waals surface area contributed by atoms with Gasteiger partial charge >= 0.3 is 5.97 Å². The first-order chi connectivity index (χ1) is 7.67. The Labute approximate surface area is 98.6 Å². The molecule has 1 saturated carbocycles. The van der Waals surface area contributed by atoms with Gasteiger partial charge in [0, 0.05) is 6.04 Å². The van der Waals surface area contributed by atoms with E-state index in [1.165, 1.54) is 12.8 Å². The molecule has 0 heterocycles. The monoisotopic (exact) mass is 227 g/mol. The summed E-state index contributed by atoms with van der Waals surface area (Å²) in [5, 5.41) is 12.5. The van der Waals surface area contributed by atoms with E-state index in [9.17, 15) is 4.79 Å². The first kappa shape index (κ1) is 13.5. The van der Waals surface area contributed by atoms with Gasteiger partial charge in [-0.15, -0.1) is 0 Å². The molecule has 0 aromatic carbocycles. The Morgan fingerprint density at radius 2 is 1.81 bits per heavy atom. The fraction of sp³-hybridized carbons (Fsp3) is 0.923. The Bertz CT molecular complexity index is 206. The summed E-state index contributed by atoms with van der Waals surface area (Å²) < 4.78 is 0. The van der Waals surface area contributed by atoms with Crippen LogP contribution in [0.1, 0.15) is 52.4 Å². The molecule has 3 nitrogen and oxygen atoms in total. The van der Waals surface area contributed by atoms with Gasteiger partial charge < -0.3 is 10.4 Å². The maximum absolute atomic E-state index is 10.8. The summed E-state index contributed by atoms with van der Waals surface area (Å²) in [5.74, 6) is 0.0711. The van der Waals surface area contributed by atoms with Crippen molar-refractivity contribution < 1.29 is 9.90 Å². The molecule has 3 heteroatoms. The van der Waals surface area contributed by atoms with Gasteiger partial charge in [0.2, 0.25) is 0 Å². The van der Waals surface area contributed by atoms with Gasteiger partial charge in [-0.3, -0.25) is 4.79 Å². The van der Waals surface area contributed by atoms with Crippen molar-refractivity contribution >= 4 is 5.97 Å². The van der Waals surface area contributed by atoms with Crippen LogP contribution < -0.4 is 5.32 Å². The van der Waals surface area contributed by atoms with Crippen LogP contribution in [0.3, 0.4) is 0 Å². The highest BCUT2D eigenvalue weighted by molar-refractivity contribution is 5.70. The van der Waals surface area contributed by atoms with Crippen LogP contribution in [0.4, 0.5) is 0 Å². The van der Waals surface area contributed by atoms with Gasteiger partial charge in [-0.05, 0) is 38.1 Å². The molecule has 0 aromatic rings. The first-order valence-corrected chi connectivity index (χ1v) is 6.63. The van der Waals surface area contributed by atoms with Crippen molar-refractivity contribution in [3.05, 3.63) is 0 Å². The Morgan fingerprint density at radius 3 is 2.25 bits per heavy atom. The van der Waals surface area contributed by atoms with E-state index in [1.807, 2.05) is 0 Å². The molecule has 0 radical (unpaired) electrons. The maximum Gasteiger partial charge on any atom is 0.306 e. The number of carboxylic acids is 1. The van der Waals surface area contributed by atoms with E-state index in [0.717, 1.165) is 38.1 Å². The van der Waals surface area contributed by atoms with Gasteiger partial charge in [0.15, 0.2) is 0 Å². The van der Waals surface area contributed by atoms with Crippen molar-refractivity contribution in [2.75, 3.05) is 6.54 Å². The highest BCUT2D eigenvalue weighted by Gasteiger charge is 2.25. The number of carboxylic acid groups (broad SMARTS) is 1. The summed E-state index contributed by atoms with van der Waals surface area (Å²) in [6, 6.07) is 0.552. The molecular formula is C13H25NO2. The zero-order chi connectivity index (χ0) is 12.0. The summed E-state index contributed by atoms with van der Waals surface area (Å²) in [5.41, 5.74) is 0. The van der Waals surface area contributed by atoms with Gasteiger partial charge in [-0.25, -0.2) is 0 Å². The summed E-state index contributed by atoms with van der Waals surface area (Å²) in [6.45, 7) is 5.56. The van der Waals surface area contributed by atoms with Crippen LogP contribution in [0, 0.1) is 11.8 Å². The van der Waals surface area contributed by atoms with Crippen molar-refractivity contribution in [2.45, 2.75) is 58.4 Å². The molecule has 94 valence electrons. The molecule has 0 bridgehead atoms. The quantitative estimate of drug-likeness (QED) is 0.733. The first-order valence-electron chi connectivity index (χ1n) is 6.63. The standard InChI is InChI=1S/C13H25NO2/c1-3-10(4-2)9-14-12-7-5-11(6-8-12)13(15)16/h10-12,14H,3-9H2,1-2H3,(H,15,16). The van der Waals surface area contributed by atoms with Crippen LogP contribution in [0.25, 0.3) is 0 Å². The molecule has 0 amide bonds. The summed E-state index contributed by atoms with van der Waals surface area (Å²) in [7, 11) is 0. The number of hydrogen-bond acceptors (Lipinski definition) is 2. The number of hydrogen-bond donors (Lipinski definition) is 2. The molecule has 2 N–H and O–H groups in total. The maximum atomic E-state index is 10.8. The Balaban J connectivity index is 2.19. The van der Waals surface area contributed by atoms with E-state index in [4.69, 9.17) is 5.11 Å². The minimum atomic E-state index is -0.613. The lowest BCUT2D eigenvalue weighted by atomic mass is 9.86. The predicted octanol–water partition coefficient (Wildman–Crippen LogP) is 2.66. The smallest absolute Gasteiger partial charge is 0.306 e. The minimum absolute atomic E-state index is 0.0915. The average Bonchev–Trinajstić information content (AvgIpc) is 2.31. The third-order valence-electron chi connectivity index (χ3n) is 3.93. The lowest BCUT2D eigenvalue weighted by molar-refractivity contribution is -0.142. The van der Waals surface area contributed by atoms with E-state index in [2.05, 4.69) is 19.2 Å². The zero-order valence-electron chi connectivity index (χ0n) is 10.5. The van der Waals surface area contributed by atoms with Crippen molar-refractivity contribution in [3.8, 4) is 0 Å². The number of rotatable bonds is 6. The van der Waals surface area contributed by atoms with E-state index >= 15 is 0 Å². The molecular weight excluding hydrogens is 202 g/mol. The Morgan fingerprint density at radius 1 is 1.25 bits per heavy atom. The molecule has 1 aliphatic carbocycles. The summed E-state index contributed by atoms with van der Waals surface area (Å²) in [4.78, 5) is 10.8. The van der Waals surface area contributed by atoms with E-state index < -0.39 is 5.97 Å². The molecule has 0 unspecified atom stereocenters. The second kappa shape index (κ2) is 6.89. The van der Waals surface area contributed by atoms with Crippen LogP contribution in [0.5, 0.6) is 0 Å². The number of carbonyl (C=O) groups is 1. The van der Waals surface area contributed by atoms with Crippen LogP contribution in [-0.4, -0.2) is 23.7 Å².